The fourth-order valence-electron chi connectivity index (χ4n) is 3.51. The monoisotopic (exact) mass is 322 g/mol. The quantitative estimate of drug-likeness (QED) is 0.475. The number of terminal acetylenes is 1. The van der Waals surface area contributed by atoms with Crippen LogP contribution < -0.4 is 0 Å². The standard InChI is InChI=1S/C22H20F2/c1-3-15-5-7-17(8-6-15)18-11-12-20(22(24)13-18)19-10-9-16(4-2)21(23)14-19/h2-3,9-15,17H,1,5-8H2. The highest BCUT2D eigenvalue weighted by atomic mass is 19.1. The zero-order chi connectivity index (χ0) is 17.1. The number of hydrogen-bond donors (Lipinski definition) is 0. The molecule has 1 saturated carbocycles. The molecule has 2 heteroatoms. The van der Waals surface area contributed by atoms with Gasteiger partial charge >= 0.3 is 0 Å². The lowest BCUT2D eigenvalue weighted by molar-refractivity contribution is 0.375. The Morgan fingerprint density at radius 2 is 1.75 bits per heavy atom. The van der Waals surface area contributed by atoms with Gasteiger partial charge in [-0.05, 0) is 66.8 Å². The zero-order valence-electron chi connectivity index (χ0n) is 13.6. The highest BCUT2D eigenvalue weighted by Gasteiger charge is 2.21. The predicted octanol–water partition coefficient (Wildman–Crippen LogP) is 6.07. The van der Waals surface area contributed by atoms with E-state index >= 15 is 0 Å². The van der Waals surface area contributed by atoms with Crippen LogP contribution in [0.1, 0.15) is 42.7 Å². The third-order valence-electron chi connectivity index (χ3n) is 5.01. The molecule has 2 aromatic rings. The molecule has 0 unspecified atom stereocenters. The topological polar surface area (TPSA) is 0 Å². The van der Waals surface area contributed by atoms with E-state index in [0.717, 1.165) is 31.2 Å². The van der Waals surface area contributed by atoms with Crippen molar-refractivity contribution in [1.29, 1.82) is 0 Å². The molecule has 1 aliphatic carbocycles. The van der Waals surface area contributed by atoms with Crippen molar-refractivity contribution in [3.8, 4) is 23.5 Å². The first-order valence-electron chi connectivity index (χ1n) is 8.31. The number of rotatable bonds is 3. The van der Waals surface area contributed by atoms with Crippen molar-refractivity contribution in [2.75, 3.05) is 0 Å². The minimum atomic E-state index is -0.499. The zero-order valence-corrected chi connectivity index (χ0v) is 13.6. The molecule has 0 spiro atoms. The van der Waals surface area contributed by atoms with Crippen LogP contribution in [0.25, 0.3) is 11.1 Å². The first kappa shape index (κ1) is 16.5. The SMILES string of the molecule is C#Cc1ccc(-c2ccc(C3CCC(C=C)CC3)cc2F)cc1F. The molecule has 2 aromatic carbocycles. The minimum Gasteiger partial charge on any atom is -0.206 e. The van der Waals surface area contributed by atoms with Crippen molar-refractivity contribution in [2.45, 2.75) is 31.6 Å². The molecule has 1 aliphatic rings. The lowest BCUT2D eigenvalue weighted by Gasteiger charge is -2.27. The van der Waals surface area contributed by atoms with Crippen molar-refractivity contribution < 1.29 is 8.78 Å². The number of allylic oxidation sites excluding steroid dienone is 1. The molecule has 0 saturated heterocycles. The van der Waals surface area contributed by atoms with Gasteiger partial charge in [0, 0.05) is 5.56 Å². The van der Waals surface area contributed by atoms with E-state index < -0.39 is 5.82 Å². The lowest BCUT2D eigenvalue weighted by Crippen LogP contribution is -2.11. The Morgan fingerprint density at radius 1 is 1.00 bits per heavy atom. The molecule has 0 aliphatic heterocycles. The van der Waals surface area contributed by atoms with Crippen LogP contribution in [0.3, 0.4) is 0 Å². The Labute approximate surface area is 142 Å². The molecule has 0 atom stereocenters. The van der Waals surface area contributed by atoms with Gasteiger partial charge in [-0.3, -0.25) is 0 Å². The van der Waals surface area contributed by atoms with E-state index in [1.54, 1.807) is 18.2 Å². The summed E-state index contributed by atoms with van der Waals surface area (Å²) in [6.45, 7) is 3.86. The van der Waals surface area contributed by atoms with Gasteiger partial charge in [0.05, 0.1) is 5.56 Å². The molecule has 0 radical (unpaired) electrons. The fraction of sp³-hybridized carbons (Fsp3) is 0.273. The second kappa shape index (κ2) is 7.01. The molecule has 24 heavy (non-hydrogen) atoms. The van der Waals surface area contributed by atoms with Crippen molar-refractivity contribution in [2.24, 2.45) is 5.92 Å². The van der Waals surface area contributed by atoms with Gasteiger partial charge in [-0.25, -0.2) is 8.78 Å². The summed E-state index contributed by atoms with van der Waals surface area (Å²) in [4.78, 5) is 0. The predicted molar refractivity (Wildman–Crippen MR) is 94.6 cm³/mol. The molecule has 0 nitrogen and oxygen atoms in total. The molecule has 0 heterocycles. The summed E-state index contributed by atoms with van der Waals surface area (Å²) in [5, 5.41) is 0. The summed E-state index contributed by atoms with van der Waals surface area (Å²) in [5.41, 5.74) is 2.13. The maximum atomic E-state index is 14.6. The van der Waals surface area contributed by atoms with Crippen LogP contribution in [-0.2, 0) is 0 Å². The van der Waals surface area contributed by atoms with Crippen LogP contribution in [0.4, 0.5) is 8.78 Å². The second-order valence-corrected chi connectivity index (χ2v) is 6.43. The van der Waals surface area contributed by atoms with Gasteiger partial charge in [0.25, 0.3) is 0 Å². The number of halogens is 2. The summed E-state index contributed by atoms with van der Waals surface area (Å²) in [6, 6.07) is 9.77. The minimum absolute atomic E-state index is 0.190. The fourth-order valence-corrected chi connectivity index (χ4v) is 3.51. The molecule has 0 bridgehead atoms. The van der Waals surface area contributed by atoms with Gasteiger partial charge in [0.1, 0.15) is 11.6 Å². The van der Waals surface area contributed by atoms with E-state index in [4.69, 9.17) is 6.42 Å². The summed E-state index contributed by atoms with van der Waals surface area (Å²) in [6.07, 6.45) is 11.6. The summed E-state index contributed by atoms with van der Waals surface area (Å²) in [5.74, 6) is 2.44. The van der Waals surface area contributed by atoms with Gasteiger partial charge < -0.3 is 0 Å². The van der Waals surface area contributed by atoms with Gasteiger partial charge in [0.2, 0.25) is 0 Å². The van der Waals surface area contributed by atoms with Crippen LogP contribution in [0, 0.1) is 29.9 Å². The van der Waals surface area contributed by atoms with Gasteiger partial charge in [-0.15, -0.1) is 13.0 Å². The molecule has 0 amide bonds. The van der Waals surface area contributed by atoms with Crippen LogP contribution in [-0.4, -0.2) is 0 Å². The maximum absolute atomic E-state index is 14.6. The normalized spacial score (nSPS) is 20.4. The molecule has 1 fully saturated rings. The van der Waals surface area contributed by atoms with Crippen LogP contribution in [0.15, 0.2) is 49.1 Å². The van der Waals surface area contributed by atoms with E-state index in [-0.39, 0.29) is 11.4 Å². The van der Waals surface area contributed by atoms with Gasteiger partial charge in [0.15, 0.2) is 0 Å². The van der Waals surface area contributed by atoms with Gasteiger partial charge in [-0.1, -0.05) is 30.2 Å². The Bertz CT molecular complexity index is 790. The van der Waals surface area contributed by atoms with Crippen molar-refractivity contribution in [1.82, 2.24) is 0 Å². The average Bonchev–Trinajstić information content (AvgIpc) is 2.61. The third kappa shape index (κ3) is 3.26. The first-order chi connectivity index (χ1) is 11.6. The highest BCUT2D eigenvalue weighted by molar-refractivity contribution is 5.65. The maximum Gasteiger partial charge on any atom is 0.139 e. The van der Waals surface area contributed by atoms with E-state index in [9.17, 15) is 8.78 Å². The summed E-state index contributed by atoms with van der Waals surface area (Å²) >= 11 is 0. The molecule has 0 aromatic heterocycles. The highest BCUT2D eigenvalue weighted by Crippen LogP contribution is 2.37. The number of hydrogen-bond acceptors (Lipinski definition) is 0. The molecule has 122 valence electrons. The van der Waals surface area contributed by atoms with Crippen LogP contribution in [0.5, 0.6) is 0 Å². The van der Waals surface area contributed by atoms with Crippen molar-refractivity contribution in [3.63, 3.8) is 0 Å². The number of benzene rings is 2. The molecular formula is C22H20F2. The van der Waals surface area contributed by atoms with E-state index in [0.29, 0.717) is 23.0 Å². The third-order valence-corrected chi connectivity index (χ3v) is 5.01. The van der Waals surface area contributed by atoms with E-state index in [1.807, 2.05) is 12.1 Å². The summed E-state index contributed by atoms with van der Waals surface area (Å²) in [7, 11) is 0. The Balaban J connectivity index is 1.84. The van der Waals surface area contributed by atoms with E-state index in [1.165, 1.54) is 12.1 Å². The molecule has 0 N–H and O–H groups in total. The molecule has 3 rings (SSSR count). The first-order valence-corrected chi connectivity index (χ1v) is 8.31. The Morgan fingerprint density at radius 3 is 2.33 bits per heavy atom. The largest absolute Gasteiger partial charge is 0.206 e. The summed E-state index contributed by atoms with van der Waals surface area (Å²) < 4.78 is 28.4. The smallest absolute Gasteiger partial charge is 0.139 e. The lowest BCUT2D eigenvalue weighted by atomic mass is 9.78. The van der Waals surface area contributed by atoms with E-state index in [2.05, 4.69) is 12.5 Å². The van der Waals surface area contributed by atoms with Gasteiger partial charge in [-0.2, -0.15) is 0 Å². The van der Waals surface area contributed by atoms with Crippen molar-refractivity contribution in [3.05, 3.63) is 71.8 Å². The Kier molecular flexibility index (Phi) is 4.81. The Hall–Kier alpha value is -2.40. The van der Waals surface area contributed by atoms with Crippen LogP contribution in [0.2, 0.25) is 0 Å². The average molecular weight is 322 g/mol. The second-order valence-electron chi connectivity index (χ2n) is 6.43. The van der Waals surface area contributed by atoms with Crippen molar-refractivity contribution >= 4 is 0 Å². The molecular weight excluding hydrogens is 302 g/mol. The van der Waals surface area contributed by atoms with Crippen LogP contribution >= 0.6 is 0 Å².